The van der Waals surface area contributed by atoms with Crippen LogP contribution < -0.4 is 0 Å². The van der Waals surface area contributed by atoms with Crippen molar-refractivity contribution in [2.45, 2.75) is 32.2 Å². The monoisotopic (exact) mass is 341 g/mol. The lowest BCUT2D eigenvalue weighted by Gasteiger charge is -2.20. The molecule has 4 rings (SSSR count). The van der Waals surface area contributed by atoms with E-state index >= 15 is 0 Å². The lowest BCUT2D eigenvalue weighted by atomic mass is 10.1. The van der Waals surface area contributed by atoms with Gasteiger partial charge in [0.1, 0.15) is 0 Å². The van der Waals surface area contributed by atoms with E-state index in [0.29, 0.717) is 5.56 Å². The number of hydrogen-bond donors (Lipinski definition) is 0. The molecule has 3 aromatic rings. The van der Waals surface area contributed by atoms with Gasteiger partial charge in [-0.15, -0.1) is 0 Å². The second kappa shape index (κ2) is 7.27. The molecule has 1 aliphatic rings. The maximum Gasteiger partial charge on any atom is 0.0991 e. The molecule has 2 heterocycles. The first kappa shape index (κ1) is 16.8. The van der Waals surface area contributed by atoms with Gasteiger partial charge in [-0.1, -0.05) is 24.3 Å². The van der Waals surface area contributed by atoms with Gasteiger partial charge in [0.05, 0.1) is 22.8 Å². The molecule has 130 valence electrons. The number of nitriles is 1. The molecule has 0 N–H and O–H groups in total. The second-order valence-corrected chi connectivity index (χ2v) is 7.19. The van der Waals surface area contributed by atoms with Crippen LogP contribution in [0.25, 0.3) is 22.2 Å². The molecule has 1 fully saturated rings. The Bertz CT molecular complexity index is 953. The van der Waals surface area contributed by atoms with Crippen molar-refractivity contribution in [3.8, 4) is 17.3 Å². The number of benzene rings is 2. The van der Waals surface area contributed by atoms with E-state index in [1.54, 1.807) is 0 Å². The second-order valence-electron chi connectivity index (χ2n) is 7.19. The maximum atomic E-state index is 8.93. The summed E-state index contributed by atoms with van der Waals surface area (Å²) in [6, 6.07) is 21.3. The van der Waals surface area contributed by atoms with Crippen molar-refractivity contribution < 1.29 is 0 Å². The Labute approximate surface area is 154 Å². The van der Waals surface area contributed by atoms with E-state index in [1.165, 1.54) is 30.3 Å². The number of fused-ring (bicyclic) bond motifs is 1. The molecular formula is C23H23N3. The van der Waals surface area contributed by atoms with Crippen LogP contribution in [0.5, 0.6) is 0 Å². The molecule has 0 saturated carbocycles. The molecule has 0 aliphatic carbocycles. The van der Waals surface area contributed by atoms with Gasteiger partial charge in [-0.2, -0.15) is 5.26 Å². The zero-order valence-electron chi connectivity index (χ0n) is 15.2. The Morgan fingerprint density at radius 2 is 1.96 bits per heavy atom. The van der Waals surface area contributed by atoms with Crippen LogP contribution in [0.4, 0.5) is 0 Å². The van der Waals surface area contributed by atoms with Gasteiger partial charge >= 0.3 is 0 Å². The largest absolute Gasteiger partial charge is 0.300 e. The SMILES string of the molecule is C[C@H]1CCCN1CCc1ccc2nc(-c3ccc(C#N)cc3)ccc2c1. The third kappa shape index (κ3) is 3.47. The van der Waals surface area contributed by atoms with Crippen molar-refractivity contribution in [2.75, 3.05) is 13.1 Å². The van der Waals surface area contributed by atoms with Gasteiger partial charge in [0.25, 0.3) is 0 Å². The van der Waals surface area contributed by atoms with E-state index < -0.39 is 0 Å². The Morgan fingerprint density at radius 3 is 2.69 bits per heavy atom. The molecule has 1 saturated heterocycles. The molecule has 1 atom stereocenters. The minimum absolute atomic E-state index is 0.673. The van der Waals surface area contributed by atoms with Gasteiger partial charge in [0.15, 0.2) is 0 Å². The highest BCUT2D eigenvalue weighted by atomic mass is 15.2. The standard InChI is InChI=1S/C23H23N3/c1-17-3-2-13-26(17)14-12-18-6-10-23-21(15-18)9-11-22(25-23)20-7-4-19(16-24)5-8-20/h4-11,15,17H,2-3,12-14H2,1H3/t17-/m0/s1. The molecule has 1 aromatic heterocycles. The van der Waals surface area contributed by atoms with Crippen molar-refractivity contribution in [2.24, 2.45) is 0 Å². The number of rotatable bonds is 4. The molecule has 3 heteroatoms. The summed E-state index contributed by atoms with van der Waals surface area (Å²) >= 11 is 0. The molecule has 0 radical (unpaired) electrons. The molecule has 0 spiro atoms. The van der Waals surface area contributed by atoms with Crippen molar-refractivity contribution in [3.05, 3.63) is 65.7 Å². The number of pyridine rings is 1. The highest BCUT2D eigenvalue weighted by Crippen LogP contribution is 2.23. The van der Waals surface area contributed by atoms with E-state index in [2.05, 4.69) is 48.2 Å². The smallest absolute Gasteiger partial charge is 0.0991 e. The van der Waals surface area contributed by atoms with E-state index in [-0.39, 0.29) is 0 Å². The van der Waals surface area contributed by atoms with Crippen molar-refractivity contribution in [1.29, 1.82) is 5.26 Å². The molecule has 0 amide bonds. The molecule has 0 unspecified atom stereocenters. The van der Waals surface area contributed by atoms with Gasteiger partial charge in [0.2, 0.25) is 0 Å². The first-order valence-electron chi connectivity index (χ1n) is 9.37. The van der Waals surface area contributed by atoms with E-state index in [4.69, 9.17) is 10.2 Å². The summed E-state index contributed by atoms with van der Waals surface area (Å²) in [5.41, 5.74) is 5.06. The molecule has 2 aromatic carbocycles. The number of nitrogens with zero attached hydrogens (tertiary/aromatic N) is 3. The predicted molar refractivity (Wildman–Crippen MR) is 106 cm³/mol. The van der Waals surface area contributed by atoms with Crippen LogP contribution in [0.1, 0.15) is 30.9 Å². The summed E-state index contributed by atoms with van der Waals surface area (Å²) in [6.45, 7) is 4.72. The van der Waals surface area contributed by atoms with Gasteiger partial charge < -0.3 is 4.90 Å². The van der Waals surface area contributed by atoms with Crippen LogP contribution in [0, 0.1) is 11.3 Å². The third-order valence-corrected chi connectivity index (χ3v) is 5.44. The molecule has 26 heavy (non-hydrogen) atoms. The topological polar surface area (TPSA) is 39.9 Å². The lowest BCUT2D eigenvalue weighted by molar-refractivity contribution is 0.272. The molecule has 3 nitrogen and oxygen atoms in total. The number of aromatic nitrogens is 1. The lowest BCUT2D eigenvalue weighted by Crippen LogP contribution is -2.28. The van der Waals surface area contributed by atoms with Crippen LogP contribution in [0.15, 0.2) is 54.6 Å². The van der Waals surface area contributed by atoms with E-state index in [0.717, 1.165) is 35.8 Å². The summed E-state index contributed by atoms with van der Waals surface area (Å²) < 4.78 is 0. The van der Waals surface area contributed by atoms with Gasteiger partial charge in [-0.3, -0.25) is 0 Å². The summed E-state index contributed by atoms with van der Waals surface area (Å²) in [7, 11) is 0. The first-order chi connectivity index (χ1) is 12.7. The molecule has 0 bridgehead atoms. The Morgan fingerprint density at radius 1 is 1.12 bits per heavy atom. The zero-order chi connectivity index (χ0) is 17.9. The van der Waals surface area contributed by atoms with Crippen LogP contribution in [-0.2, 0) is 6.42 Å². The summed E-state index contributed by atoms with van der Waals surface area (Å²) in [6.07, 6.45) is 3.76. The normalized spacial score (nSPS) is 17.5. The third-order valence-electron chi connectivity index (χ3n) is 5.44. The fraction of sp³-hybridized carbons (Fsp3) is 0.304. The average molecular weight is 341 g/mol. The van der Waals surface area contributed by atoms with Gasteiger partial charge in [0, 0.05) is 23.5 Å². The minimum Gasteiger partial charge on any atom is -0.300 e. The molecule has 1 aliphatic heterocycles. The Hall–Kier alpha value is -2.70. The van der Waals surface area contributed by atoms with Crippen LogP contribution in [0.2, 0.25) is 0 Å². The minimum atomic E-state index is 0.673. The van der Waals surface area contributed by atoms with E-state index in [1.807, 2.05) is 24.3 Å². The predicted octanol–water partition coefficient (Wildman–Crippen LogP) is 4.80. The number of likely N-dealkylation sites (tertiary alicyclic amines) is 1. The fourth-order valence-electron chi connectivity index (χ4n) is 3.80. The first-order valence-corrected chi connectivity index (χ1v) is 9.37. The maximum absolute atomic E-state index is 8.93. The fourth-order valence-corrected chi connectivity index (χ4v) is 3.80. The van der Waals surface area contributed by atoms with Crippen LogP contribution in [-0.4, -0.2) is 29.0 Å². The van der Waals surface area contributed by atoms with Gasteiger partial charge in [-0.25, -0.2) is 4.98 Å². The van der Waals surface area contributed by atoms with Crippen molar-refractivity contribution in [1.82, 2.24) is 9.88 Å². The average Bonchev–Trinajstić information content (AvgIpc) is 3.10. The highest BCUT2D eigenvalue weighted by Gasteiger charge is 2.19. The Kier molecular flexibility index (Phi) is 4.69. The highest BCUT2D eigenvalue weighted by molar-refractivity contribution is 5.82. The van der Waals surface area contributed by atoms with Crippen molar-refractivity contribution in [3.63, 3.8) is 0 Å². The summed E-state index contributed by atoms with van der Waals surface area (Å²) in [5, 5.41) is 10.1. The Balaban J connectivity index is 1.53. The number of hydrogen-bond acceptors (Lipinski definition) is 3. The van der Waals surface area contributed by atoms with Crippen LogP contribution >= 0.6 is 0 Å². The van der Waals surface area contributed by atoms with Crippen molar-refractivity contribution >= 4 is 10.9 Å². The quantitative estimate of drug-likeness (QED) is 0.684. The van der Waals surface area contributed by atoms with E-state index in [9.17, 15) is 0 Å². The van der Waals surface area contributed by atoms with Crippen LogP contribution in [0.3, 0.4) is 0 Å². The summed E-state index contributed by atoms with van der Waals surface area (Å²) in [4.78, 5) is 7.39. The molecular weight excluding hydrogens is 318 g/mol. The summed E-state index contributed by atoms with van der Waals surface area (Å²) in [5.74, 6) is 0. The zero-order valence-corrected chi connectivity index (χ0v) is 15.2. The van der Waals surface area contributed by atoms with Gasteiger partial charge in [-0.05, 0) is 68.6 Å².